The summed E-state index contributed by atoms with van der Waals surface area (Å²) in [5.74, 6) is 0. The Balaban J connectivity index is 1.14. The molecule has 13 nitrogen and oxygen atoms in total. The fourth-order valence-corrected chi connectivity index (χ4v) is 5.90. The largest absolute Gasteiger partial charge is 0.422 e. The lowest BCUT2D eigenvalue weighted by Crippen LogP contribution is -2.34. The normalized spacial score (nSPS) is 18.3. The summed E-state index contributed by atoms with van der Waals surface area (Å²) in [6, 6.07) is 17.0. The van der Waals surface area contributed by atoms with Crippen LogP contribution in [0.3, 0.4) is 0 Å². The monoisotopic (exact) mass is 677 g/mol. The zero-order chi connectivity index (χ0) is 31.5. The third kappa shape index (κ3) is 7.05. The molecule has 234 valence electrons. The number of H-pyrrole nitrogens is 1. The fourth-order valence-electron chi connectivity index (χ4n) is 5.52. The van der Waals surface area contributed by atoms with Crippen LogP contribution in [0.4, 0.5) is 0 Å². The van der Waals surface area contributed by atoms with Gasteiger partial charge in [0.2, 0.25) is 0 Å². The molecule has 14 heteroatoms. The molecule has 3 atom stereocenters. The van der Waals surface area contributed by atoms with E-state index >= 15 is 0 Å². The topological polar surface area (TPSA) is 161 Å². The number of nitrogens with zero attached hydrogens (tertiary/aromatic N) is 5. The van der Waals surface area contributed by atoms with Crippen molar-refractivity contribution in [2.24, 2.45) is 0 Å². The van der Waals surface area contributed by atoms with Gasteiger partial charge >= 0.3 is 11.3 Å². The maximum Gasteiger partial charge on any atom is 0.340 e. The number of hydrogen-bond acceptors (Lipinski definition) is 10. The standard InChI is InChI=1S/C31H32BrN7O6/c1-19-13-38(31(43)34-29(19)41)28-11-25(27(17-40)44-28)39-16-24(35-36-39)12-33-18-37(14-20-5-3-2-4-6-20)15-22-9-21-10-23(32)7-8-26(21)45-30(22)42/h2-10,13,16,25,27-28,33,40H,11-12,14-15,17-18H2,1H3,(H,34,41,43)/t25-,27+,28+/m1/s1. The summed E-state index contributed by atoms with van der Waals surface area (Å²) < 4.78 is 15.4. The maximum absolute atomic E-state index is 12.8. The van der Waals surface area contributed by atoms with Gasteiger partial charge in [-0.15, -0.1) is 5.10 Å². The summed E-state index contributed by atoms with van der Waals surface area (Å²) in [4.78, 5) is 41.4. The molecule has 0 saturated carbocycles. The van der Waals surface area contributed by atoms with Crippen molar-refractivity contribution in [2.75, 3.05) is 13.3 Å². The van der Waals surface area contributed by atoms with Crippen molar-refractivity contribution in [3.63, 3.8) is 0 Å². The van der Waals surface area contributed by atoms with Crippen molar-refractivity contribution >= 4 is 26.9 Å². The summed E-state index contributed by atoms with van der Waals surface area (Å²) in [5.41, 5.74) is 1.83. The summed E-state index contributed by atoms with van der Waals surface area (Å²) >= 11 is 3.48. The average Bonchev–Trinajstić information content (AvgIpc) is 3.67. The molecule has 0 unspecified atom stereocenters. The number of nitrogens with one attached hydrogen (secondary N) is 2. The van der Waals surface area contributed by atoms with Gasteiger partial charge in [0.25, 0.3) is 5.56 Å². The van der Waals surface area contributed by atoms with Gasteiger partial charge in [-0.05, 0) is 36.8 Å². The number of halogens is 1. The van der Waals surface area contributed by atoms with E-state index in [1.165, 1.54) is 10.8 Å². The van der Waals surface area contributed by atoms with Crippen molar-refractivity contribution < 1.29 is 14.3 Å². The Morgan fingerprint density at radius 2 is 1.93 bits per heavy atom. The molecular weight excluding hydrogens is 646 g/mol. The Labute approximate surface area is 265 Å². The Bertz CT molecular complexity index is 1970. The number of aromatic amines is 1. The van der Waals surface area contributed by atoms with E-state index in [-0.39, 0.29) is 18.3 Å². The molecule has 0 amide bonds. The molecule has 6 rings (SSSR count). The van der Waals surface area contributed by atoms with Gasteiger partial charge in [0.15, 0.2) is 0 Å². The molecule has 3 N–H and O–H groups in total. The average molecular weight is 679 g/mol. The molecule has 5 aromatic rings. The number of benzene rings is 2. The van der Waals surface area contributed by atoms with Crippen LogP contribution in [-0.2, 0) is 24.4 Å². The quantitative estimate of drug-likeness (QED) is 0.140. The summed E-state index contributed by atoms with van der Waals surface area (Å²) in [7, 11) is 0. The van der Waals surface area contributed by atoms with Gasteiger partial charge in [-0.2, -0.15) is 0 Å². The van der Waals surface area contributed by atoms with Crippen LogP contribution in [-0.4, -0.2) is 53.9 Å². The molecule has 0 spiro atoms. The van der Waals surface area contributed by atoms with Crippen LogP contribution in [0.25, 0.3) is 11.0 Å². The minimum absolute atomic E-state index is 0.278. The molecule has 1 saturated heterocycles. The highest BCUT2D eigenvalue weighted by molar-refractivity contribution is 9.10. The lowest BCUT2D eigenvalue weighted by atomic mass is 10.1. The summed E-state index contributed by atoms with van der Waals surface area (Å²) in [6.07, 6.45) is 2.29. The van der Waals surface area contributed by atoms with Crippen LogP contribution in [0.15, 0.2) is 90.3 Å². The second kappa shape index (κ2) is 13.4. The summed E-state index contributed by atoms with van der Waals surface area (Å²) in [6.45, 7) is 3.13. The highest BCUT2D eigenvalue weighted by Gasteiger charge is 2.38. The first kappa shape index (κ1) is 30.8. The van der Waals surface area contributed by atoms with Gasteiger partial charge in [0.1, 0.15) is 17.9 Å². The molecule has 45 heavy (non-hydrogen) atoms. The van der Waals surface area contributed by atoms with Gasteiger partial charge in [-0.3, -0.25) is 24.6 Å². The van der Waals surface area contributed by atoms with Crippen molar-refractivity contribution in [1.82, 2.24) is 34.8 Å². The Morgan fingerprint density at radius 1 is 1.11 bits per heavy atom. The Hall–Kier alpha value is -4.21. The molecule has 1 aliphatic rings. The van der Waals surface area contributed by atoms with Crippen LogP contribution >= 0.6 is 15.9 Å². The minimum Gasteiger partial charge on any atom is -0.422 e. The predicted molar refractivity (Wildman–Crippen MR) is 168 cm³/mol. The number of aliphatic hydroxyl groups excluding tert-OH is 1. The SMILES string of the molecule is Cc1cn([C@@H]2C[C@@H](n3cc(CNCN(Cc4ccccc4)Cc4cc5cc(Br)ccc5oc4=O)nn3)[C@H](CO)O2)c(=O)[nH]c1=O. The van der Waals surface area contributed by atoms with Crippen molar-refractivity contribution in [3.8, 4) is 0 Å². The van der Waals surface area contributed by atoms with Gasteiger partial charge in [-0.25, -0.2) is 14.3 Å². The Morgan fingerprint density at radius 3 is 2.73 bits per heavy atom. The van der Waals surface area contributed by atoms with E-state index in [2.05, 4.69) is 41.4 Å². The first-order valence-electron chi connectivity index (χ1n) is 14.5. The van der Waals surface area contributed by atoms with E-state index in [1.807, 2.05) is 48.5 Å². The number of rotatable bonds is 11. The molecule has 4 heterocycles. The van der Waals surface area contributed by atoms with Gasteiger partial charge in [-0.1, -0.05) is 51.5 Å². The maximum atomic E-state index is 12.8. The van der Waals surface area contributed by atoms with Crippen LogP contribution < -0.4 is 22.2 Å². The van der Waals surface area contributed by atoms with Crippen LogP contribution in [0.5, 0.6) is 0 Å². The molecule has 0 radical (unpaired) electrons. The van der Waals surface area contributed by atoms with E-state index in [1.54, 1.807) is 23.9 Å². The predicted octanol–water partition coefficient (Wildman–Crippen LogP) is 2.58. The third-order valence-electron chi connectivity index (χ3n) is 7.79. The molecule has 2 aromatic carbocycles. The molecular formula is C31H32BrN7O6. The zero-order valence-corrected chi connectivity index (χ0v) is 26.0. The first-order chi connectivity index (χ1) is 21.8. The molecule has 1 aliphatic heterocycles. The molecule has 3 aromatic heterocycles. The van der Waals surface area contributed by atoms with Crippen molar-refractivity contribution in [2.45, 2.75) is 51.4 Å². The zero-order valence-electron chi connectivity index (χ0n) is 24.4. The highest BCUT2D eigenvalue weighted by Crippen LogP contribution is 2.35. The highest BCUT2D eigenvalue weighted by atomic mass is 79.9. The second-order valence-electron chi connectivity index (χ2n) is 11.1. The van der Waals surface area contributed by atoms with E-state index in [0.717, 1.165) is 15.4 Å². The number of ether oxygens (including phenoxy) is 1. The minimum atomic E-state index is -0.679. The first-order valence-corrected chi connectivity index (χ1v) is 15.2. The fraction of sp³-hybridized carbons (Fsp3) is 0.323. The van der Waals surface area contributed by atoms with Crippen LogP contribution in [0.2, 0.25) is 0 Å². The van der Waals surface area contributed by atoms with Gasteiger partial charge in [0, 0.05) is 54.3 Å². The number of aromatic nitrogens is 5. The van der Waals surface area contributed by atoms with Crippen molar-refractivity contribution in [3.05, 3.63) is 125 Å². The number of fused-ring (bicyclic) bond motifs is 1. The van der Waals surface area contributed by atoms with E-state index in [9.17, 15) is 19.5 Å². The van der Waals surface area contributed by atoms with Crippen molar-refractivity contribution in [1.29, 1.82) is 0 Å². The van der Waals surface area contributed by atoms with Gasteiger partial charge in [0.05, 0.1) is 30.1 Å². The van der Waals surface area contributed by atoms with E-state index in [0.29, 0.717) is 55.1 Å². The molecule has 1 fully saturated rings. The lowest BCUT2D eigenvalue weighted by Gasteiger charge is -2.22. The van der Waals surface area contributed by atoms with Gasteiger partial charge < -0.3 is 14.3 Å². The number of aryl methyl sites for hydroxylation is 1. The van der Waals surface area contributed by atoms with E-state index in [4.69, 9.17) is 9.15 Å². The van der Waals surface area contributed by atoms with E-state index < -0.39 is 23.6 Å². The van der Waals surface area contributed by atoms with Crippen LogP contribution in [0, 0.1) is 6.92 Å². The number of aliphatic hydroxyl groups is 1. The molecule has 0 aliphatic carbocycles. The molecule has 0 bridgehead atoms. The smallest absolute Gasteiger partial charge is 0.340 e. The number of hydrogen-bond donors (Lipinski definition) is 3. The third-order valence-corrected chi connectivity index (χ3v) is 8.28. The van der Waals surface area contributed by atoms with Crippen LogP contribution in [0.1, 0.15) is 41.1 Å². The Kier molecular flexibility index (Phi) is 9.19. The lowest BCUT2D eigenvalue weighted by molar-refractivity contribution is -0.0323. The summed E-state index contributed by atoms with van der Waals surface area (Å²) in [5, 5.41) is 22.8. The second-order valence-corrected chi connectivity index (χ2v) is 12.0.